The van der Waals surface area contributed by atoms with Gasteiger partial charge < -0.3 is 15.0 Å². The van der Waals surface area contributed by atoms with E-state index in [9.17, 15) is 14.4 Å². The van der Waals surface area contributed by atoms with Crippen molar-refractivity contribution < 1.29 is 19.1 Å². The van der Waals surface area contributed by atoms with Crippen molar-refractivity contribution in [3.8, 4) is 10.6 Å². The van der Waals surface area contributed by atoms with Crippen LogP contribution in [0, 0.1) is 6.92 Å². The van der Waals surface area contributed by atoms with Crippen LogP contribution in [0.1, 0.15) is 11.3 Å². The van der Waals surface area contributed by atoms with Gasteiger partial charge in [0.15, 0.2) is 6.61 Å². The van der Waals surface area contributed by atoms with Gasteiger partial charge >= 0.3 is 5.97 Å². The van der Waals surface area contributed by atoms with Crippen molar-refractivity contribution in [3.63, 3.8) is 0 Å². The quantitative estimate of drug-likeness (QED) is 0.739. The maximum absolute atomic E-state index is 11.9. The Bertz CT molecular complexity index is 801. The number of likely N-dealkylation sites (N-methyl/N-ethyl adjacent to an activating group) is 1. The third-order valence-corrected chi connectivity index (χ3v) is 4.38. The van der Waals surface area contributed by atoms with E-state index in [0.29, 0.717) is 5.69 Å². The lowest BCUT2D eigenvalue weighted by Gasteiger charge is -2.10. The molecule has 0 aliphatic carbocycles. The van der Waals surface area contributed by atoms with Gasteiger partial charge in [-0.05, 0) is 13.0 Å². The number of nitrogens with one attached hydrogen (secondary N) is 1. The molecule has 8 heteroatoms. The highest BCUT2D eigenvalue weighted by atomic mass is 32.1. The summed E-state index contributed by atoms with van der Waals surface area (Å²) >= 11 is 1.45. The molecular formula is C18H21N3O4S. The van der Waals surface area contributed by atoms with Gasteiger partial charge in [0.1, 0.15) is 5.01 Å². The minimum absolute atomic E-state index is 0.00771. The van der Waals surface area contributed by atoms with Gasteiger partial charge in [0, 0.05) is 25.0 Å². The first-order valence-corrected chi connectivity index (χ1v) is 8.87. The number of ether oxygens (including phenoxy) is 1. The van der Waals surface area contributed by atoms with Gasteiger partial charge in [-0.2, -0.15) is 0 Å². The number of carbonyl (C=O) groups is 3. The normalized spacial score (nSPS) is 10.3. The number of thiazole rings is 1. The van der Waals surface area contributed by atoms with Crippen LogP contribution in [0.3, 0.4) is 0 Å². The van der Waals surface area contributed by atoms with Crippen molar-refractivity contribution in [2.24, 2.45) is 0 Å². The van der Waals surface area contributed by atoms with Crippen molar-refractivity contribution in [2.45, 2.75) is 13.3 Å². The monoisotopic (exact) mass is 375 g/mol. The van der Waals surface area contributed by atoms with E-state index in [4.69, 9.17) is 4.74 Å². The van der Waals surface area contributed by atoms with Gasteiger partial charge in [-0.3, -0.25) is 14.4 Å². The molecule has 1 aromatic carbocycles. The third-order valence-electron chi connectivity index (χ3n) is 3.44. The summed E-state index contributed by atoms with van der Waals surface area (Å²) in [6.45, 7) is 1.45. The minimum atomic E-state index is -0.542. The highest BCUT2D eigenvalue weighted by Gasteiger charge is 2.13. The molecule has 0 bridgehead atoms. The van der Waals surface area contributed by atoms with E-state index < -0.39 is 18.5 Å². The van der Waals surface area contributed by atoms with E-state index in [1.54, 1.807) is 19.5 Å². The molecular weight excluding hydrogens is 354 g/mol. The summed E-state index contributed by atoms with van der Waals surface area (Å²) in [5.74, 6) is -1.30. The first-order valence-electron chi connectivity index (χ1n) is 7.99. The summed E-state index contributed by atoms with van der Waals surface area (Å²) in [6.07, 6.45) is -0.00771. The van der Waals surface area contributed by atoms with Crippen LogP contribution in [0.4, 0.5) is 0 Å². The molecule has 2 aromatic rings. The predicted octanol–water partition coefficient (Wildman–Crippen LogP) is 1.41. The standard InChI is InChI=1S/C18H21N3O4S/c1-12-5-4-6-13(7-12)18-20-14(11-26-18)8-17(24)25-10-15(22)19-9-16(23)21(2)3/h4-7,11H,8-10H2,1-3H3,(H,19,22). The van der Waals surface area contributed by atoms with Crippen LogP contribution in [-0.2, 0) is 25.5 Å². The van der Waals surface area contributed by atoms with Gasteiger partial charge in [0.25, 0.3) is 5.91 Å². The van der Waals surface area contributed by atoms with Gasteiger partial charge in [-0.15, -0.1) is 11.3 Å². The maximum atomic E-state index is 11.9. The smallest absolute Gasteiger partial charge is 0.312 e. The molecule has 0 saturated carbocycles. The number of carbonyl (C=O) groups excluding carboxylic acids is 3. The number of aryl methyl sites for hydroxylation is 1. The molecule has 2 amide bonds. The fourth-order valence-corrected chi connectivity index (χ4v) is 2.84. The SMILES string of the molecule is Cc1cccc(-c2nc(CC(=O)OCC(=O)NCC(=O)N(C)C)cs2)c1. The second-order valence-corrected chi connectivity index (χ2v) is 6.77. The lowest BCUT2D eigenvalue weighted by molar-refractivity contribution is -0.148. The Morgan fingerprint density at radius 1 is 1.27 bits per heavy atom. The van der Waals surface area contributed by atoms with Crippen LogP contribution < -0.4 is 5.32 Å². The topological polar surface area (TPSA) is 88.6 Å². The molecule has 1 heterocycles. The van der Waals surface area contributed by atoms with Crippen LogP contribution in [0.25, 0.3) is 10.6 Å². The number of hydrogen-bond acceptors (Lipinski definition) is 6. The van der Waals surface area contributed by atoms with E-state index in [1.165, 1.54) is 16.2 Å². The first kappa shape index (κ1) is 19.6. The van der Waals surface area contributed by atoms with E-state index in [1.807, 2.05) is 31.2 Å². The number of hydrogen-bond donors (Lipinski definition) is 1. The molecule has 26 heavy (non-hydrogen) atoms. The summed E-state index contributed by atoms with van der Waals surface area (Å²) in [7, 11) is 3.18. The van der Waals surface area contributed by atoms with Crippen molar-refractivity contribution in [1.29, 1.82) is 0 Å². The first-order chi connectivity index (χ1) is 12.3. The Kier molecular flexibility index (Phi) is 6.85. The minimum Gasteiger partial charge on any atom is -0.455 e. The Balaban J connectivity index is 1.80. The zero-order chi connectivity index (χ0) is 19.1. The molecule has 0 saturated heterocycles. The Labute approximate surface area is 156 Å². The molecule has 0 atom stereocenters. The van der Waals surface area contributed by atoms with Crippen LogP contribution in [0.2, 0.25) is 0 Å². The maximum Gasteiger partial charge on any atom is 0.312 e. The van der Waals surface area contributed by atoms with Crippen LogP contribution in [0.5, 0.6) is 0 Å². The van der Waals surface area contributed by atoms with Crippen LogP contribution >= 0.6 is 11.3 Å². The number of nitrogens with zero attached hydrogens (tertiary/aromatic N) is 2. The van der Waals surface area contributed by atoms with E-state index in [-0.39, 0.29) is 18.9 Å². The highest BCUT2D eigenvalue weighted by molar-refractivity contribution is 7.13. The van der Waals surface area contributed by atoms with Gasteiger partial charge in [-0.25, -0.2) is 4.98 Å². The third kappa shape index (κ3) is 5.96. The fourth-order valence-electron chi connectivity index (χ4n) is 2.03. The molecule has 0 unspecified atom stereocenters. The second kappa shape index (κ2) is 9.10. The van der Waals surface area contributed by atoms with E-state index in [0.717, 1.165) is 16.1 Å². The Hall–Kier alpha value is -2.74. The molecule has 0 spiro atoms. The molecule has 0 aliphatic rings. The second-order valence-electron chi connectivity index (χ2n) is 5.92. The van der Waals surface area contributed by atoms with E-state index in [2.05, 4.69) is 10.3 Å². The zero-order valence-electron chi connectivity index (χ0n) is 14.9. The predicted molar refractivity (Wildman–Crippen MR) is 98.7 cm³/mol. The molecule has 0 aliphatic heterocycles. The van der Waals surface area contributed by atoms with Gasteiger partial charge in [0.2, 0.25) is 5.91 Å². The van der Waals surface area contributed by atoms with Crippen molar-refractivity contribution in [3.05, 3.63) is 40.9 Å². The molecule has 7 nitrogen and oxygen atoms in total. The largest absolute Gasteiger partial charge is 0.455 e. The molecule has 0 radical (unpaired) electrons. The number of amides is 2. The highest BCUT2D eigenvalue weighted by Crippen LogP contribution is 2.24. The molecule has 138 valence electrons. The number of benzene rings is 1. The average molecular weight is 375 g/mol. The summed E-state index contributed by atoms with van der Waals surface area (Å²) in [5.41, 5.74) is 2.73. The molecule has 0 fully saturated rings. The van der Waals surface area contributed by atoms with Crippen molar-refractivity contribution >= 4 is 29.1 Å². The van der Waals surface area contributed by atoms with Crippen molar-refractivity contribution in [2.75, 3.05) is 27.2 Å². The molecule has 1 N–H and O–H groups in total. The number of rotatable bonds is 7. The lowest BCUT2D eigenvalue weighted by Crippen LogP contribution is -2.38. The zero-order valence-corrected chi connectivity index (χ0v) is 15.8. The van der Waals surface area contributed by atoms with E-state index >= 15 is 0 Å². The summed E-state index contributed by atoms with van der Waals surface area (Å²) < 4.78 is 4.92. The molecule has 1 aromatic heterocycles. The van der Waals surface area contributed by atoms with Crippen molar-refractivity contribution in [1.82, 2.24) is 15.2 Å². The fraction of sp³-hybridized carbons (Fsp3) is 0.333. The molecule has 2 rings (SSSR count). The average Bonchev–Trinajstić information content (AvgIpc) is 3.06. The number of esters is 1. The van der Waals surface area contributed by atoms with Gasteiger partial charge in [0.05, 0.1) is 18.7 Å². The summed E-state index contributed by atoms with van der Waals surface area (Å²) in [6, 6.07) is 7.96. The van der Waals surface area contributed by atoms with Crippen LogP contribution in [0.15, 0.2) is 29.6 Å². The Morgan fingerprint density at radius 3 is 2.73 bits per heavy atom. The van der Waals surface area contributed by atoms with Crippen LogP contribution in [-0.4, -0.2) is 54.9 Å². The summed E-state index contributed by atoms with van der Waals surface area (Å²) in [4.78, 5) is 40.6. The Morgan fingerprint density at radius 2 is 2.04 bits per heavy atom. The lowest BCUT2D eigenvalue weighted by atomic mass is 10.1. The van der Waals surface area contributed by atoms with Gasteiger partial charge in [-0.1, -0.05) is 23.8 Å². The summed E-state index contributed by atoms with van der Waals surface area (Å²) in [5, 5.41) is 5.02. The number of aromatic nitrogens is 1.